The van der Waals surface area contributed by atoms with Gasteiger partial charge in [0.15, 0.2) is 0 Å². The van der Waals surface area contributed by atoms with Gasteiger partial charge in [0.25, 0.3) is 5.22 Å². The Morgan fingerprint density at radius 2 is 2.18 bits per heavy atom. The monoisotopic (exact) mass is 334 g/mol. The molecular weight excluding hydrogens is 324 g/mol. The highest BCUT2D eigenvalue weighted by molar-refractivity contribution is 7.98. The minimum atomic E-state index is 0.458. The number of rotatable bonds is 5. The lowest BCUT2D eigenvalue weighted by atomic mass is 10.2. The fraction of sp³-hybridized carbons (Fsp3) is 0.286. The van der Waals surface area contributed by atoms with Crippen molar-refractivity contribution in [1.29, 1.82) is 0 Å². The van der Waals surface area contributed by atoms with Crippen LogP contribution in [0.15, 0.2) is 38.4 Å². The normalized spacial score (nSPS) is 14.4. The van der Waals surface area contributed by atoms with Crippen LogP contribution in [0.5, 0.6) is 0 Å². The van der Waals surface area contributed by atoms with Gasteiger partial charge in [-0.3, -0.25) is 0 Å². The Morgan fingerprint density at radius 3 is 3.00 bits per heavy atom. The molecule has 1 saturated carbocycles. The van der Waals surface area contributed by atoms with Crippen molar-refractivity contribution in [1.82, 2.24) is 20.3 Å². The first-order valence-corrected chi connectivity index (χ1v) is 8.19. The van der Waals surface area contributed by atoms with Crippen LogP contribution >= 0.6 is 23.4 Å². The second-order valence-corrected chi connectivity index (χ2v) is 6.35. The van der Waals surface area contributed by atoms with Crippen LogP contribution in [0.2, 0.25) is 5.02 Å². The van der Waals surface area contributed by atoms with E-state index in [-0.39, 0.29) is 0 Å². The molecule has 0 N–H and O–H groups in total. The van der Waals surface area contributed by atoms with Gasteiger partial charge in [-0.05, 0) is 25.0 Å². The quantitative estimate of drug-likeness (QED) is 0.654. The molecule has 2 aromatic heterocycles. The summed E-state index contributed by atoms with van der Waals surface area (Å²) in [6.07, 6.45) is 2.28. The fourth-order valence-corrected chi connectivity index (χ4v) is 2.75. The lowest BCUT2D eigenvalue weighted by Gasteiger charge is -1.93. The number of nitrogens with zero attached hydrogens (tertiary/aromatic N) is 4. The molecule has 3 aromatic rings. The number of hydrogen-bond donors (Lipinski definition) is 0. The molecule has 4 rings (SSSR count). The zero-order valence-corrected chi connectivity index (χ0v) is 13.0. The molecule has 0 atom stereocenters. The van der Waals surface area contributed by atoms with E-state index in [4.69, 9.17) is 20.5 Å². The number of thioether (sulfide) groups is 1. The third-order valence-corrected chi connectivity index (χ3v) is 4.26. The molecule has 8 heteroatoms. The Labute approximate surface area is 135 Å². The van der Waals surface area contributed by atoms with Crippen LogP contribution in [0.25, 0.3) is 11.4 Å². The fourth-order valence-electron chi connectivity index (χ4n) is 1.96. The first-order chi connectivity index (χ1) is 10.8. The maximum atomic E-state index is 5.96. The van der Waals surface area contributed by atoms with Crippen molar-refractivity contribution in [3.8, 4) is 11.4 Å². The van der Waals surface area contributed by atoms with E-state index in [1.807, 2.05) is 12.1 Å². The van der Waals surface area contributed by atoms with Crippen LogP contribution in [0.4, 0.5) is 0 Å². The van der Waals surface area contributed by atoms with E-state index in [1.54, 1.807) is 12.1 Å². The first-order valence-electron chi connectivity index (χ1n) is 6.82. The van der Waals surface area contributed by atoms with Crippen LogP contribution in [0.1, 0.15) is 30.5 Å². The van der Waals surface area contributed by atoms with E-state index in [0.717, 1.165) is 24.3 Å². The SMILES string of the molecule is Clc1cccc(-c2noc(CSc3nnc(C4CC4)o3)n2)c1. The lowest BCUT2D eigenvalue weighted by molar-refractivity contribution is 0.389. The number of hydrogen-bond acceptors (Lipinski definition) is 7. The summed E-state index contributed by atoms with van der Waals surface area (Å²) < 4.78 is 10.8. The summed E-state index contributed by atoms with van der Waals surface area (Å²) in [5.74, 6) is 2.70. The molecular formula is C14H11ClN4O2S. The summed E-state index contributed by atoms with van der Waals surface area (Å²) >= 11 is 7.35. The van der Waals surface area contributed by atoms with Crippen LogP contribution < -0.4 is 0 Å². The van der Waals surface area contributed by atoms with Crippen molar-refractivity contribution in [3.05, 3.63) is 41.1 Å². The number of benzene rings is 1. The van der Waals surface area contributed by atoms with Gasteiger partial charge < -0.3 is 8.94 Å². The van der Waals surface area contributed by atoms with E-state index in [1.165, 1.54) is 11.8 Å². The zero-order chi connectivity index (χ0) is 14.9. The number of halogens is 1. The molecule has 2 heterocycles. The molecule has 22 heavy (non-hydrogen) atoms. The Bertz CT molecular complexity index is 800. The van der Waals surface area contributed by atoms with Crippen molar-refractivity contribution in [2.24, 2.45) is 0 Å². The summed E-state index contributed by atoms with van der Waals surface area (Å²) in [5, 5.41) is 13.2. The summed E-state index contributed by atoms with van der Waals surface area (Å²) in [6, 6.07) is 7.33. The van der Waals surface area contributed by atoms with Gasteiger partial charge in [-0.25, -0.2) is 0 Å². The third kappa shape index (κ3) is 3.00. The average molecular weight is 335 g/mol. The second-order valence-electron chi connectivity index (χ2n) is 4.99. The van der Waals surface area contributed by atoms with Crippen molar-refractivity contribution < 1.29 is 8.94 Å². The molecule has 1 aliphatic carbocycles. The molecule has 1 aliphatic rings. The van der Waals surface area contributed by atoms with Gasteiger partial charge in [-0.2, -0.15) is 4.98 Å². The van der Waals surface area contributed by atoms with Crippen LogP contribution in [0.3, 0.4) is 0 Å². The lowest BCUT2D eigenvalue weighted by Crippen LogP contribution is -1.83. The predicted octanol–water partition coefficient (Wildman–Crippen LogP) is 3.94. The van der Waals surface area contributed by atoms with Crippen molar-refractivity contribution in [3.63, 3.8) is 0 Å². The summed E-state index contributed by atoms with van der Waals surface area (Å²) in [6.45, 7) is 0. The second kappa shape index (κ2) is 5.73. The molecule has 112 valence electrons. The molecule has 0 unspecified atom stereocenters. The zero-order valence-electron chi connectivity index (χ0n) is 11.4. The standard InChI is InChI=1S/C14H11ClN4O2S/c15-10-3-1-2-9(6-10)12-16-11(21-19-12)7-22-14-18-17-13(20-14)8-4-5-8/h1-3,6,8H,4-5,7H2. The maximum Gasteiger partial charge on any atom is 0.277 e. The highest BCUT2D eigenvalue weighted by Crippen LogP contribution is 2.40. The molecule has 0 saturated heterocycles. The molecule has 1 fully saturated rings. The van der Waals surface area contributed by atoms with Crippen LogP contribution in [-0.2, 0) is 5.75 Å². The third-order valence-electron chi connectivity index (χ3n) is 3.22. The van der Waals surface area contributed by atoms with Gasteiger partial charge in [-0.15, -0.1) is 10.2 Å². The number of aromatic nitrogens is 4. The largest absolute Gasteiger partial charge is 0.416 e. The van der Waals surface area contributed by atoms with Gasteiger partial charge in [0.1, 0.15) is 0 Å². The smallest absolute Gasteiger partial charge is 0.277 e. The van der Waals surface area contributed by atoms with Crippen LogP contribution in [0, 0.1) is 0 Å². The van der Waals surface area contributed by atoms with Gasteiger partial charge >= 0.3 is 0 Å². The Kier molecular flexibility index (Phi) is 3.59. The summed E-state index contributed by atoms with van der Waals surface area (Å²) in [4.78, 5) is 4.34. The van der Waals surface area contributed by atoms with Gasteiger partial charge in [0.2, 0.25) is 17.6 Å². The van der Waals surface area contributed by atoms with E-state index >= 15 is 0 Å². The van der Waals surface area contributed by atoms with Crippen molar-refractivity contribution in [2.75, 3.05) is 0 Å². The van der Waals surface area contributed by atoms with E-state index in [2.05, 4.69) is 20.3 Å². The highest BCUT2D eigenvalue weighted by Gasteiger charge is 2.29. The van der Waals surface area contributed by atoms with Crippen molar-refractivity contribution >= 4 is 23.4 Å². The Morgan fingerprint density at radius 1 is 1.27 bits per heavy atom. The minimum Gasteiger partial charge on any atom is -0.416 e. The maximum absolute atomic E-state index is 5.96. The van der Waals surface area contributed by atoms with E-state index in [9.17, 15) is 0 Å². The first kappa shape index (κ1) is 13.8. The topological polar surface area (TPSA) is 77.8 Å². The average Bonchev–Trinajstić information content (AvgIpc) is 3.09. The highest BCUT2D eigenvalue weighted by atomic mass is 35.5. The summed E-state index contributed by atoms with van der Waals surface area (Å²) in [7, 11) is 0. The molecule has 0 spiro atoms. The molecule has 0 radical (unpaired) electrons. The summed E-state index contributed by atoms with van der Waals surface area (Å²) in [5.41, 5.74) is 0.821. The predicted molar refractivity (Wildman–Crippen MR) is 80.6 cm³/mol. The molecule has 0 bridgehead atoms. The van der Waals surface area contributed by atoms with Gasteiger partial charge in [0, 0.05) is 16.5 Å². The van der Waals surface area contributed by atoms with Gasteiger partial charge in [-0.1, -0.05) is 40.7 Å². The molecule has 0 amide bonds. The molecule has 1 aromatic carbocycles. The molecule has 6 nitrogen and oxygen atoms in total. The molecule has 0 aliphatic heterocycles. The Hall–Kier alpha value is -1.86. The van der Waals surface area contributed by atoms with Crippen molar-refractivity contribution in [2.45, 2.75) is 29.7 Å². The van der Waals surface area contributed by atoms with E-state index in [0.29, 0.717) is 33.6 Å². The van der Waals surface area contributed by atoms with Crippen LogP contribution in [-0.4, -0.2) is 20.3 Å². The van der Waals surface area contributed by atoms with Gasteiger partial charge in [0.05, 0.1) is 5.75 Å². The van der Waals surface area contributed by atoms with E-state index < -0.39 is 0 Å². The minimum absolute atomic E-state index is 0.458. The Balaban J connectivity index is 1.42.